The molecule has 0 aliphatic carbocycles. The van der Waals surface area contributed by atoms with E-state index in [1.165, 1.54) is 5.56 Å². The highest BCUT2D eigenvalue weighted by molar-refractivity contribution is 6.04. The second kappa shape index (κ2) is 11.5. The highest BCUT2D eigenvalue weighted by Gasteiger charge is 2.21. The molecule has 0 unspecified atom stereocenters. The zero-order valence-electron chi connectivity index (χ0n) is 21.5. The van der Waals surface area contributed by atoms with E-state index in [2.05, 4.69) is 47.8 Å². The number of ether oxygens (including phenoxy) is 1. The molecule has 1 aromatic carbocycles. The number of aromatic amines is 1. The van der Waals surface area contributed by atoms with E-state index < -0.39 is 0 Å². The Balaban J connectivity index is 1.65. The second-order valence-corrected chi connectivity index (χ2v) is 9.29. The fraction of sp³-hybridized carbons (Fsp3) is 0.519. The molecular formula is C27H38N6O2. The molecule has 8 nitrogen and oxygen atoms in total. The minimum absolute atomic E-state index is 0.224. The lowest BCUT2D eigenvalue weighted by Crippen LogP contribution is -2.38. The quantitative estimate of drug-likeness (QED) is 0.423. The van der Waals surface area contributed by atoms with Crippen molar-refractivity contribution in [3.05, 3.63) is 41.2 Å². The molecule has 1 aliphatic rings. The van der Waals surface area contributed by atoms with Crippen molar-refractivity contribution in [2.45, 2.75) is 53.4 Å². The highest BCUT2D eigenvalue weighted by atomic mass is 16.5. The number of morpholine rings is 1. The van der Waals surface area contributed by atoms with E-state index in [0.29, 0.717) is 24.9 Å². The van der Waals surface area contributed by atoms with Crippen LogP contribution in [0.4, 0.5) is 17.5 Å². The lowest BCUT2D eigenvalue weighted by molar-refractivity contribution is 0.102. The van der Waals surface area contributed by atoms with E-state index >= 15 is 0 Å². The number of benzene rings is 1. The Morgan fingerprint density at radius 3 is 2.49 bits per heavy atom. The first kappa shape index (κ1) is 25.0. The Hall–Kier alpha value is -3.13. The van der Waals surface area contributed by atoms with Crippen LogP contribution >= 0.6 is 0 Å². The summed E-state index contributed by atoms with van der Waals surface area (Å²) in [5.74, 6) is 1.20. The third-order valence-electron chi connectivity index (χ3n) is 6.68. The van der Waals surface area contributed by atoms with Gasteiger partial charge in [-0.3, -0.25) is 4.79 Å². The number of hydrogen-bond acceptors (Lipinski definition) is 6. The zero-order chi connectivity index (χ0) is 24.8. The number of carbonyl (C=O) groups is 1. The van der Waals surface area contributed by atoms with Gasteiger partial charge in [-0.15, -0.1) is 0 Å². The summed E-state index contributed by atoms with van der Waals surface area (Å²) < 4.78 is 5.52. The number of nitrogens with one attached hydrogen (secondary N) is 2. The molecule has 0 atom stereocenters. The molecule has 4 rings (SSSR count). The number of anilines is 3. The minimum atomic E-state index is -0.224. The lowest BCUT2D eigenvalue weighted by atomic mass is 10.1. The Kier molecular flexibility index (Phi) is 8.23. The number of H-pyrrole nitrogens is 1. The van der Waals surface area contributed by atoms with Gasteiger partial charge in [0.2, 0.25) is 5.95 Å². The van der Waals surface area contributed by atoms with Gasteiger partial charge in [-0.25, -0.2) is 4.98 Å². The number of nitrogens with zero attached hydrogens (tertiary/aromatic N) is 4. The van der Waals surface area contributed by atoms with Crippen molar-refractivity contribution < 1.29 is 9.53 Å². The van der Waals surface area contributed by atoms with E-state index in [1.807, 2.05) is 24.3 Å². The summed E-state index contributed by atoms with van der Waals surface area (Å²) in [7, 11) is 0. The fourth-order valence-electron chi connectivity index (χ4n) is 4.38. The molecule has 0 saturated carbocycles. The molecule has 3 aromatic rings. The summed E-state index contributed by atoms with van der Waals surface area (Å²) in [6, 6.07) is 7.79. The number of hydrogen-bond donors (Lipinski definition) is 2. The van der Waals surface area contributed by atoms with Gasteiger partial charge in [0.05, 0.1) is 13.2 Å². The van der Waals surface area contributed by atoms with Crippen molar-refractivity contribution in [2.24, 2.45) is 0 Å². The third kappa shape index (κ3) is 5.93. The van der Waals surface area contributed by atoms with Crippen LogP contribution in [0, 0.1) is 13.8 Å². The molecule has 8 heteroatoms. The van der Waals surface area contributed by atoms with Gasteiger partial charge in [-0.05, 0) is 50.5 Å². The Morgan fingerprint density at radius 2 is 1.80 bits per heavy atom. The first-order valence-electron chi connectivity index (χ1n) is 12.9. The molecule has 2 N–H and O–H groups in total. The van der Waals surface area contributed by atoms with Crippen LogP contribution in [0.15, 0.2) is 24.3 Å². The average molecular weight is 479 g/mol. The van der Waals surface area contributed by atoms with Gasteiger partial charge in [0.15, 0.2) is 0 Å². The van der Waals surface area contributed by atoms with Gasteiger partial charge < -0.3 is 24.8 Å². The largest absolute Gasteiger partial charge is 0.378 e. The van der Waals surface area contributed by atoms with Crippen LogP contribution in [0.1, 0.15) is 61.3 Å². The molecule has 0 spiro atoms. The molecule has 3 heterocycles. The van der Waals surface area contributed by atoms with Crippen LogP contribution in [0.25, 0.3) is 10.9 Å². The van der Waals surface area contributed by atoms with Crippen molar-refractivity contribution in [3.63, 3.8) is 0 Å². The van der Waals surface area contributed by atoms with Crippen LogP contribution < -0.4 is 15.1 Å². The molecular weight excluding hydrogens is 440 g/mol. The molecule has 1 amide bonds. The monoisotopic (exact) mass is 478 g/mol. The maximum atomic E-state index is 13.4. The Morgan fingerprint density at radius 1 is 1.09 bits per heavy atom. The van der Waals surface area contributed by atoms with Crippen LogP contribution in [-0.2, 0) is 4.74 Å². The third-order valence-corrected chi connectivity index (χ3v) is 6.68. The molecule has 1 aliphatic heterocycles. The van der Waals surface area contributed by atoms with Crippen molar-refractivity contribution in [3.8, 4) is 0 Å². The van der Waals surface area contributed by atoms with E-state index in [4.69, 9.17) is 14.7 Å². The Labute approximate surface area is 208 Å². The van der Waals surface area contributed by atoms with E-state index in [0.717, 1.165) is 80.0 Å². The van der Waals surface area contributed by atoms with Crippen molar-refractivity contribution in [1.29, 1.82) is 0 Å². The summed E-state index contributed by atoms with van der Waals surface area (Å²) in [6.07, 6.45) is 4.38. The maximum absolute atomic E-state index is 13.4. The van der Waals surface area contributed by atoms with Crippen LogP contribution in [0.2, 0.25) is 0 Å². The van der Waals surface area contributed by atoms with E-state index in [9.17, 15) is 4.79 Å². The van der Waals surface area contributed by atoms with Crippen molar-refractivity contribution in [1.82, 2.24) is 15.0 Å². The standard InChI is InChI=1S/C27H38N6O2/c1-5-7-11-32(12-8-6-2)25-18-24(30-27(31-25)33-13-15-35-16-14-33)26(34)29-21-9-10-23-22(17-21)19(3)20(4)28-23/h9-10,17-18,28H,5-8,11-16H2,1-4H3,(H,29,34). The van der Waals surface area contributed by atoms with Gasteiger partial charge in [0.25, 0.3) is 5.91 Å². The summed E-state index contributed by atoms with van der Waals surface area (Å²) in [5, 5.41) is 4.18. The highest BCUT2D eigenvalue weighted by Crippen LogP contribution is 2.25. The number of amides is 1. The Bertz CT molecular complexity index is 1140. The van der Waals surface area contributed by atoms with Gasteiger partial charge in [0.1, 0.15) is 11.5 Å². The number of aryl methyl sites for hydroxylation is 2. The molecule has 35 heavy (non-hydrogen) atoms. The van der Waals surface area contributed by atoms with Crippen LogP contribution in [0.3, 0.4) is 0 Å². The van der Waals surface area contributed by atoms with Crippen molar-refractivity contribution in [2.75, 3.05) is 54.5 Å². The predicted octanol–water partition coefficient (Wildman–Crippen LogP) is 5.07. The van der Waals surface area contributed by atoms with Crippen LogP contribution in [0.5, 0.6) is 0 Å². The van der Waals surface area contributed by atoms with E-state index in [1.54, 1.807) is 0 Å². The number of unbranched alkanes of at least 4 members (excludes halogenated alkanes) is 2. The SMILES string of the molecule is CCCCN(CCCC)c1cc(C(=O)Nc2ccc3[nH]c(C)c(C)c3c2)nc(N2CCOCC2)n1. The van der Waals surface area contributed by atoms with Gasteiger partial charge >= 0.3 is 0 Å². The first-order valence-corrected chi connectivity index (χ1v) is 12.9. The number of fused-ring (bicyclic) bond motifs is 1. The van der Waals surface area contributed by atoms with Crippen LogP contribution in [-0.4, -0.2) is 60.3 Å². The number of rotatable bonds is 10. The molecule has 188 valence electrons. The smallest absolute Gasteiger partial charge is 0.274 e. The zero-order valence-corrected chi connectivity index (χ0v) is 21.5. The van der Waals surface area contributed by atoms with Crippen molar-refractivity contribution >= 4 is 34.3 Å². The summed E-state index contributed by atoms with van der Waals surface area (Å²) in [5.41, 5.74) is 4.54. The summed E-state index contributed by atoms with van der Waals surface area (Å²) >= 11 is 0. The second-order valence-electron chi connectivity index (χ2n) is 9.29. The molecule has 1 saturated heterocycles. The van der Waals surface area contributed by atoms with Gasteiger partial charge in [-0.1, -0.05) is 26.7 Å². The molecule has 0 bridgehead atoms. The van der Waals surface area contributed by atoms with E-state index in [-0.39, 0.29) is 5.91 Å². The average Bonchev–Trinajstić information content (AvgIpc) is 3.17. The minimum Gasteiger partial charge on any atom is -0.378 e. The fourth-order valence-corrected chi connectivity index (χ4v) is 4.38. The summed E-state index contributed by atoms with van der Waals surface area (Å²) in [6.45, 7) is 13.1. The van der Waals surface area contributed by atoms with Gasteiger partial charge in [0, 0.05) is 54.5 Å². The number of aromatic nitrogens is 3. The van der Waals surface area contributed by atoms with Gasteiger partial charge in [-0.2, -0.15) is 4.98 Å². The first-order chi connectivity index (χ1) is 17.0. The normalized spacial score (nSPS) is 13.9. The predicted molar refractivity (Wildman–Crippen MR) is 143 cm³/mol. The molecule has 0 radical (unpaired) electrons. The number of carbonyl (C=O) groups excluding carboxylic acids is 1. The molecule has 1 fully saturated rings. The lowest BCUT2D eigenvalue weighted by Gasteiger charge is -2.29. The maximum Gasteiger partial charge on any atom is 0.274 e. The summed E-state index contributed by atoms with van der Waals surface area (Å²) in [4.78, 5) is 30.8. The molecule has 2 aromatic heterocycles. The topological polar surface area (TPSA) is 86.4 Å².